The Morgan fingerprint density at radius 1 is 1.02 bits per heavy atom. The molecule has 0 unspecified atom stereocenters. The van der Waals surface area contributed by atoms with E-state index in [4.69, 9.17) is 9.47 Å². The molecule has 0 aliphatic carbocycles. The monoisotopic (exact) mass is 629 g/mol. The van der Waals surface area contributed by atoms with Crippen LogP contribution in [-0.4, -0.2) is 79.5 Å². The number of amides is 4. The largest absolute Gasteiger partial charge is 0.497 e. The maximum atomic E-state index is 14.0. The van der Waals surface area contributed by atoms with Crippen LogP contribution >= 0.6 is 0 Å². The zero-order chi connectivity index (χ0) is 33.1. The molecule has 11 nitrogen and oxygen atoms in total. The van der Waals surface area contributed by atoms with Crippen LogP contribution in [0.5, 0.6) is 11.5 Å². The number of carbonyl (C=O) groups excluding carboxylic acids is 4. The van der Waals surface area contributed by atoms with Crippen molar-refractivity contribution in [1.29, 1.82) is 0 Å². The quantitative estimate of drug-likeness (QED) is 0.365. The highest BCUT2D eigenvalue weighted by molar-refractivity contribution is 5.98. The number of hydrogen-bond donors (Lipinski definition) is 3. The van der Waals surface area contributed by atoms with Crippen LogP contribution in [0.3, 0.4) is 0 Å². The third-order valence-corrected chi connectivity index (χ3v) is 7.78. The number of hydrogen-bond acceptors (Lipinski definition) is 7. The molecule has 2 bridgehead atoms. The van der Waals surface area contributed by atoms with Gasteiger partial charge in [-0.2, -0.15) is 0 Å². The molecule has 2 atom stereocenters. The summed E-state index contributed by atoms with van der Waals surface area (Å²) in [7, 11) is 3.14. The Balaban J connectivity index is 1.70. The number of rotatable bonds is 7. The van der Waals surface area contributed by atoms with Crippen LogP contribution in [0, 0.1) is 5.92 Å². The lowest BCUT2D eigenvalue weighted by atomic mass is 10.00. The smallest absolute Gasteiger partial charge is 0.255 e. The van der Waals surface area contributed by atoms with Gasteiger partial charge in [-0.15, -0.1) is 0 Å². The Bertz CT molecular complexity index is 1500. The highest BCUT2D eigenvalue weighted by Crippen LogP contribution is 2.22. The third-order valence-electron chi connectivity index (χ3n) is 7.78. The van der Waals surface area contributed by atoms with Crippen molar-refractivity contribution < 1.29 is 28.7 Å². The van der Waals surface area contributed by atoms with Crippen molar-refractivity contribution in [3.63, 3.8) is 0 Å². The van der Waals surface area contributed by atoms with Crippen LogP contribution < -0.4 is 25.4 Å². The number of ether oxygens (including phenoxy) is 2. The summed E-state index contributed by atoms with van der Waals surface area (Å²) in [6.07, 6.45) is 4.91. The van der Waals surface area contributed by atoms with Gasteiger partial charge in [-0.1, -0.05) is 26.0 Å². The van der Waals surface area contributed by atoms with E-state index in [0.717, 1.165) is 11.1 Å². The molecule has 3 aromatic rings. The fourth-order valence-electron chi connectivity index (χ4n) is 5.51. The van der Waals surface area contributed by atoms with Crippen LogP contribution in [0.15, 0.2) is 67.0 Å². The molecular formula is C35H43N5O6. The average Bonchev–Trinajstić information content (AvgIpc) is 3.05. The normalized spacial score (nSPS) is 18.2. The van der Waals surface area contributed by atoms with Gasteiger partial charge in [0.15, 0.2) is 0 Å². The summed E-state index contributed by atoms with van der Waals surface area (Å²) in [5.74, 6) is -0.0143. The fraction of sp³-hybridized carbons (Fsp3) is 0.400. The van der Waals surface area contributed by atoms with Crippen molar-refractivity contribution in [1.82, 2.24) is 25.8 Å². The summed E-state index contributed by atoms with van der Waals surface area (Å²) in [6, 6.07) is 14.3. The molecule has 4 amide bonds. The van der Waals surface area contributed by atoms with E-state index in [0.29, 0.717) is 48.4 Å². The van der Waals surface area contributed by atoms with E-state index in [1.54, 1.807) is 62.9 Å². The predicted octanol–water partition coefficient (Wildman–Crippen LogP) is 3.18. The molecular weight excluding hydrogens is 586 g/mol. The highest BCUT2D eigenvalue weighted by atomic mass is 16.5. The minimum Gasteiger partial charge on any atom is -0.497 e. The van der Waals surface area contributed by atoms with Gasteiger partial charge in [0.05, 0.1) is 26.3 Å². The number of nitrogens with one attached hydrogen (secondary N) is 3. The summed E-state index contributed by atoms with van der Waals surface area (Å²) in [5, 5.41) is 8.95. The molecule has 0 fully saturated rings. The second kappa shape index (κ2) is 16.4. The zero-order valence-electron chi connectivity index (χ0n) is 26.9. The van der Waals surface area contributed by atoms with Gasteiger partial charge in [-0.25, -0.2) is 0 Å². The van der Waals surface area contributed by atoms with Gasteiger partial charge in [0.25, 0.3) is 11.8 Å². The number of carbonyl (C=O) groups is 4. The summed E-state index contributed by atoms with van der Waals surface area (Å²) in [5.41, 5.74) is 2.36. The van der Waals surface area contributed by atoms with E-state index < -0.39 is 23.9 Å². The van der Waals surface area contributed by atoms with Crippen LogP contribution in [0.2, 0.25) is 0 Å². The number of fused-ring (bicyclic) bond motifs is 2. The Hall–Kier alpha value is -4.93. The molecule has 46 heavy (non-hydrogen) atoms. The van der Waals surface area contributed by atoms with E-state index in [2.05, 4.69) is 20.9 Å². The average molecular weight is 630 g/mol. The van der Waals surface area contributed by atoms with Crippen molar-refractivity contribution in [2.45, 2.75) is 51.6 Å². The second-order valence-corrected chi connectivity index (χ2v) is 11.8. The van der Waals surface area contributed by atoms with Gasteiger partial charge < -0.3 is 30.3 Å². The minimum absolute atomic E-state index is 0.0895. The van der Waals surface area contributed by atoms with Gasteiger partial charge in [0.1, 0.15) is 17.5 Å². The molecule has 1 aromatic heterocycles. The van der Waals surface area contributed by atoms with Gasteiger partial charge in [0.2, 0.25) is 11.8 Å². The van der Waals surface area contributed by atoms with Crippen LogP contribution in [-0.2, 0) is 22.4 Å². The molecule has 2 heterocycles. The van der Waals surface area contributed by atoms with Crippen LogP contribution in [0.4, 0.5) is 0 Å². The van der Waals surface area contributed by atoms with Crippen molar-refractivity contribution in [3.05, 3.63) is 89.2 Å². The minimum atomic E-state index is -0.928. The lowest BCUT2D eigenvalue weighted by Gasteiger charge is -2.30. The number of benzene rings is 2. The molecule has 2 aromatic carbocycles. The van der Waals surface area contributed by atoms with E-state index in [-0.39, 0.29) is 37.2 Å². The molecule has 4 rings (SSSR count). The number of nitrogens with zero attached hydrogens (tertiary/aromatic N) is 2. The van der Waals surface area contributed by atoms with Gasteiger partial charge in [-0.05, 0) is 78.8 Å². The topological polar surface area (TPSA) is 139 Å². The van der Waals surface area contributed by atoms with Crippen LogP contribution in [0.25, 0.3) is 0 Å². The van der Waals surface area contributed by atoms with Crippen molar-refractivity contribution in [2.75, 3.05) is 33.9 Å². The Morgan fingerprint density at radius 3 is 2.48 bits per heavy atom. The molecule has 11 heteroatoms. The van der Waals surface area contributed by atoms with Crippen molar-refractivity contribution >= 4 is 23.6 Å². The first kappa shape index (κ1) is 34.0. The number of methoxy groups -OCH3 is 2. The first-order chi connectivity index (χ1) is 22.2. The maximum absolute atomic E-state index is 14.0. The first-order valence-electron chi connectivity index (χ1n) is 15.5. The summed E-state index contributed by atoms with van der Waals surface area (Å²) >= 11 is 0. The van der Waals surface area contributed by atoms with Gasteiger partial charge >= 0.3 is 0 Å². The molecule has 0 saturated heterocycles. The zero-order valence-corrected chi connectivity index (χ0v) is 26.9. The second-order valence-electron chi connectivity index (χ2n) is 11.8. The maximum Gasteiger partial charge on any atom is 0.255 e. The summed E-state index contributed by atoms with van der Waals surface area (Å²) in [6.45, 7) is 4.30. The molecule has 0 spiro atoms. The molecule has 0 saturated carbocycles. The predicted molar refractivity (Wildman–Crippen MR) is 174 cm³/mol. The Kier molecular flexibility index (Phi) is 12.1. The lowest BCUT2D eigenvalue weighted by molar-refractivity contribution is -0.123. The van der Waals surface area contributed by atoms with Gasteiger partial charge in [0, 0.05) is 43.5 Å². The van der Waals surface area contributed by atoms with Crippen molar-refractivity contribution in [3.8, 4) is 11.5 Å². The summed E-state index contributed by atoms with van der Waals surface area (Å²) < 4.78 is 10.8. The Morgan fingerprint density at radius 2 is 1.80 bits per heavy atom. The molecule has 0 radical (unpaired) electrons. The van der Waals surface area contributed by atoms with E-state index >= 15 is 0 Å². The Labute approximate surface area is 270 Å². The number of aromatic nitrogens is 1. The third kappa shape index (κ3) is 9.53. The molecule has 3 N–H and O–H groups in total. The molecule has 244 valence electrons. The number of aryl methyl sites for hydroxylation is 1. The standard InChI is InChI=1S/C35H43N5O6/c1-23(2)17-28-21-40(35(44)27-8-5-15-36-20-27)22-32(41)37-16-6-7-25-19-26(11-14-31(25)46-4)33(42)39-30(34(43)38-28)18-24-9-12-29(45-3)13-10-24/h5,8-15,19-20,23,28,30H,6-7,16-18,21-22H2,1-4H3,(H,37,41)(H,38,43)(H,39,42)/t28-,30-/m0/s1. The molecule has 1 aliphatic rings. The number of pyridine rings is 1. The van der Waals surface area contributed by atoms with E-state index in [1.165, 1.54) is 11.1 Å². The fourth-order valence-corrected chi connectivity index (χ4v) is 5.51. The van der Waals surface area contributed by atoms with Crippen molar-refractivity contribution in [2.24, 2.45) is 5.92 Å². The highest BCUT2D eigenvalue weighted by Gasteiger charge is 2.29. The molecule has 1 aliphatic heterocycles. The first-order valence-corrected chi connectivity index (χ1v) is 15.5. The van der Waals surface area contributed by atoms with Gasteiger partial charge in [-0.3, -0.25) is 24.2 Å². The van der Waals surface area contributed by atoms with Crippen LogP contribution in [0.1, 0.15) is 58.5 Å². The summed E-state index contributed by atoms with van der Waals surface area (Å²) in [4.78, 5) is 59.9. The van der Waals surface area contributed by atoms with E-state index in [9.17, 15) is 19.2 Å². The van der Waals surface area contributed by atoms with E-state index in [1.807, 2.05) is 26.0 Å². The lowest BCUT2D eigenvalue weighted by Crippen LogP contribution is -2.54. The SMILES string of the molecule is COc1ccc(C[C@@H]2NC(=O)c3ccc(OC)c(c3)CCCNC(=O)CN(C(=O)c3cccnc3)C[C@H](CC(C)C)NC2=O)cc1.